The van der Waals surface area contributed by atoms with E-state index >= 15 is 0 Å². The summed E-state index contributed by atoms with van der Waals surface area (Å²) in [6, 6.07) is 12.6. The van der Waals surface area contributed by atoms with E-state index in [1.54, 1.807) is 0 Å². The predicted octanol–water partition coefficient (Wildman–Crippen LogP) is 5.63. The van der Waals surface area contributed by atoms with Crippen molar-refractivity contribution in [3.63, 3.8) is 0 Å². The Labute approximate surface area is 180 Å². The summed E-state index contributed by atoms with van der Waals surface area (Å²) in [5, 5.41) is 11.9. The fraction of sp³-hybridized carbons (Fsp3) is 0.273. The Morgan fingerprint density at radius 1 is 1.00 bits per heavy atom. The van der Waals surface area contributed by atoms with E-state index in [-0.39, 0.29) is 0 Å². The maximum absolute atomic E-state index is 5.46. The Kier molecular flexibility index (Phi) is 6.52. The average Bonchev–Trinajstić information content (AvgIpc) is 2.62. The minimum atomic E-state index is 0.627. The van der Waals surface area contributed by atoms with Gasteiger partial charge in [0.1, 0.15) is 0 Å². The lowest BCUT2D eigenvalue weighted by Gasteiger charge is -2.16. The van der Waals surface area contributed by atoms with Crippen molar-refractivity contribution in [2.24, 2.45) is 0 Å². The second kappa shape index (κ2) is 8.88. The molecule has 1 aromatic heterocycles. The van der Waals surface area contributed by atoms with Gasteiger partial charge in [-0.25, -0.2) is 0 Å². The summed E-state index contributed by atoms with van der Waals surface area (Å²) in [5.41, 5.74) is 7.72. The Hall–Kier alpha value is -2.18. The zero-order valence-electron chi connectivity index (χ0n) is 16.6. The molecule has 2 aromatic carbocycles. The molecule has 4 nitrogen and oxygen atoms in total. The second-order valence-electron chi connectivity index (χ2n) is 7.05. The molecule has 0 fully saturated rings. The summed E-state index contributed by atoms with van der Waals surface area (Å²) in [5.74, 6) is 0. The lowest BCUT2D eigenvalue weighted by Crippen LogP contribution is -2.32. The molecule has 6 heteroatoms. The van der Waals surface area contributed by atoms with Gasteiger partial charge in [-0.3, -0.25) is 4.98 Å². The third-order valence-electron chi connectivity index (χ3n) is 4.55. The van der Waals surface area contributed by atoms with Gasteiger partial charge in [0, 0.05) is 40.0 Å². The summed E-state index contributed by atoms with van der Waals surface area (Å²) < 4.78 is 1.08. The molecule has 28 heavy (non-hydrogen) atoms. The fourth-order valence-corrected chi connectivity index (χ4v) is 4.15. The van der Waals surface area contributed by atoms with Crippen LogP contribution in [-0.2, 0) is 0 Å². The number of anilines is 2. The zero-order valence-corrected chi connectivity index (χ0v) is 19.0. The van der Waals surface area contributed by atoms with Crippen molar-refractivity contribution < 1.29 is 0 Å². The Morgan fingerprint density at radius 2 is 1.71 bits per heavy atom. The summed E-state index contributed by atoms with van der Waals surface area (Å²) >= 11 is 8.99. The quantitative estimate of drug-likeness (QED) is 0.343. The molecule has 3 aromatic rings. The van der Waals surface area contributed by atoms with Crippen LogP contribution < -0.4 is 16.0 Å². The highest BCUT2D eigenvalue weighted by molar-refractivity contribution is 9.10. The number of rotatable bonds is 5. The lowest BCUT2D eigenvalue weighted by atomic mass is 10.1. The first kappa shape index (κ1) is 20.6. The Bertz CT molecular complexity index is 1010. The number of benzene rings is 2. The maximum Gasteiger partial charge on any atom is 0.170 e. The molecule has 0 amide bonds. The predicted molar refractivity (Wildman–Crippen MR) is 128 cm³/mol. The van der Waals surface area contributed by atoms with Crippen molar-refractivity contribution in [3.8, 4) is 0 Å². The number of nitrogens with zero attached hydrogens (tertiary/aromatic N) is 1. The first-order chi connectivity index (χ1) is 13.3. The summed E-state index contributed by atoms with van der Waals surface area (Å²) in [4.78, 5) is 4.61. The third kappa shape index (κ3) is 5.00. The van der Waals surface area contributed by atoms with E-state index in [4.69, 9.17) is 12.2 Å². The van der Waals surface area contributed by atoms with Crippen LogP contribution in [0.2, 0.25) is 0 Å². The van der Waals surface area contributed by atoms with Crippen molar-refractivity contribution in [2.45, 2.75) is 27.7 Å². The van der Waals surface area contributed by atoms with Gasteiger partial charge in [0.25, 0.3) is 0 Å². The fourth-order valence-electron chi connectivity index (χ4n) is 3.26. The molecule has 0 aliphatic carbocycles. The molecule has 0 spiro atoms. The number of halogens is 1. The number of aromatic nitrogens is 1. The molecular formula is C22H25BrN4S. The van der Waals surface area contributed by atoms with Gasteiger partial charge in [-0.2, -0.15) is 0 Å². The number of aryl methyl sites for hydroxylation is 4. The van der Waals surface area contributed by atoms with Crippen LogP contribution in [0, 0.1) is 27.7 Å². The van der Waals surface area contributed by atoms with Gasteiger partial charge in [-0.15, -0.1) is 0 Å². The largest absolute Gasteiger partial charge is 0.383 e. The highest BCUT2D eigenvalue weighted by atomic mass is 79.9. The van der Waals surface area contributed by atoms with Crippen molar-refractivity contribution in [2.75, 3.05) is 23.7 Å². The van der Waals surface area contributed by atoms with Gasteiger partial charge in [-0.1, -0.05) is 27.6 Å². The average molecular weight is 457 g/mol. The molecule has 1 heterocycles. The standard InChI is InChI=1S/C22H25BrN4S/c1-13-5-6-19-18(9-13)20(12-16(4)26-19)24-7-8-25-22(28)27-21-14(2)10-17(23)11-15(21)3/h5-6,9-12H,7-8H2,1-4H3,(H,24,26)(H2,25,27,28). The third-order valence-corrected chi connectivity index (χ3v) is 5.26. The van der Waals surface area contributed by atoms with Gasteiger partial charge in [-0.05, 0) is 81.4 Å². The van der Waals surface area contributed by atoms with Crippen molar-refractivity contribution in [1.82, 2.24) is 10.3 Å². The smallest absolute Gasteiger partial charge is 0.170 e. The summed E-state index contributed by atoms with van der Waals surface area (Å²) in [6.45, 7) is 9.74. The molecule has 0 radical (unpaired) electrons. The highest BCUT2D eigenvalue weighted by Gasteiger charge is 2.07. The summed E-state index contributed by atoms with van der Waals surface area (Å²) in [7, 11) is 0. The summed E-state index contributed by atoms with van der Waals surface area (Å²) in [6.07, 6.45) is 0. The SMILES string of the molecule is Cc1ccc2nc(C)cc(NCCNC(=S)Nc3c(C)cc(Br)cc3C)c2c1. The van der Waals surface area contributed by atoms with Crippen LogP contribution in [0.1, 0.15) is 22.4 Å². The number of fused-ring (bicyclic) bond motifs is 1. The van der Waals surface area contributed by atoms with Crippen molar-refractivity contribution in [1.29, 1.82) is 0 Å². The molecule has 146 valence electrons. The van der Waals surface area contributed by atoms with Crippen LogP contribution in [0.5, 0.6) is 0 Å². The van der Waals surface area contributed by atoms with E-state index in [1.807, 2.05) is 6.92 Å². The molecule has 0 aliphatic heterocycles. The number of nitrogens with one attached hydrogen (secondary N) is 3. The maximum atomic E-state index is 5.46. The zero-order chi connectivity index (χ0) is 20.3. The molecule has 0 saturated heterocycles. The monoisotopic (exact) mass is 456 g/mol. The van der Waals surface area contributed by atoms with Crippen molar-refractivity contribution in [3.05, 3.63) is 63.3 Å². The van der Waals surface area contributed by atoms with Crippen LogP contribution in [-0.4, -0.2) is 23.2 Å². The van der Waals surface area contributed by atoms with Gasteiger partial charge >= 0.3 is 0 Å². The van der Waals surface area contributed by atoms with Crippen LogP contribution in [0.3, 0.4) is 0 Å². The number of hydrogen-bond acceptors (Lipinski definition) is 3. The minimum Gasteiger partial charge on any atom is -0.383 e. The number of hydrogen-bond donors (Lipinski definition) is 3. The van der Waals surface area contributed by atoms with E-state index in [2.05, 4.69) is 94.0 Å². The molecule has 0 bridgehead atoms. The Balaban J connectivity index is 1.59. The normalized spacial score (nSPS) is 10.8. The van der Waals surface area contributed by atoms with Crippen molar-refractivity contribution >= 4 is 55.5 Å². The van der Waals surface area contributed by atoms with E-state index in [0.717, 1.165) is 56.7 Å². The molecule has 0 unspecified atom stereocenters. The lowest BCUT2D eigenvalue weighted by molar-refractivity contribution is 0.916. The van der Waals surface area contributed by atoms with Gasteiger partial charge in [0.05, 0.1) is 5.52 Å². The minimum absolute atomic E-state index is 0.627. The molecule has 0 atom stereocenters. The van der Waals surface area contributed by atoms with Gasteiger partial charge in [0.15, 0.2) is 5.11 Å². The van der Waals surface area contributed by atoms with Crippen LogP contribution in [0.4, 0.5) is 11.4 Å². The molecule has 3 N–H and O–H groups in total. The van der Waals surface area contributed by atoms with Crippen LogP contribution in [0.15, 0.2) is 40.9 Å². The molecular weight excluding hydrogens is 432 g/mol. The van der Waals surface area contributed by atoms with Crippen LogP contribution in [0.25, 0.3) is 10.9 Å². The van der Waals surface area contributed by atoms with E-state index in [9.17, 15) is 0 Å². The van der Waals surface area contributed by atoms with E-state index in [1.165, 1.54) is 5.56 Å². The number of thiocarbonyl (C=S) groups is 1. The van der Waals surface area contributed by atoms with Crippen LogP contribution >= 0.6 is 28.1 Å². The first-order valence-corrected chi connectivity index (χ1v) is 10.5. The van der Waals surface area contributed by atoms with E-state index < -0.39 is 0 Å². The number of pyridine rings is 1. The topological polar surface area (TPSA) is 49.0 Å². The highest BCUT2D eigenvalue weighted by Crippen LogP contribution is 2.25. The van der Waals surface area contributed by atoms with Gasteiger partial charge < -0.3 is 16.0 Å². The first-order valence-electron chi connectivity index (χ1n) is 9.27. The van der Waals surface area contributed by atoms with E-state index in [0.29, 0.717) is 5.11 Å². The van der Waals surface area contributed by atoms with Gasteiger partial charge in [0.2, 0.25) is 0 Å². The Morgan fingerprint density at radius 3 is 2.43 bits per heavy atom. The second-order valence-corrected chi connectivity index (χ2v) is 8.38. The molecule has 0 aliphatic rings. The molecule has 0 saturated carbocycles. The molecule has 3 rings (SSSR count).